The summed E-state index contributed by atoms with van der Waals surface area (Å²) in [5.41, 5.74) is 4.59. The predicted octanol–water partition coefficient (Wildman–Crippen LogP) is 6.86. The molecule has 1 N–H and O–H groups in total. The number of rotatable bonds is 12. The number of benzene rings is 3. The molecule has 1 heterocycles. The Hall–Kier alpha value is -3.69. The van der Waals surface area contributed by atoms with Crippen LogP contribution < -0.4 is 14.2 Å². The Morgan fingerprint density at radius 1 is 1.10 bits per heavy atom. The maximum absolute atomic E-state index is 14.1. The highest BCUT2D eigenvalue weighted by atomic mass is 32.2. The zero-order chi connectivity index (χ0) is 29.6. The molecule has 218 valence electrons. The molecule has 0 bridgehead atoms. The summed E-state index contributed by atoms with van der Waals surface area (Å²) in [6.07, 6.45) is 1.70. The molecule has 0 unspecified atom stereocenters. The minimum Gasteiger partial charge on any atom is -0.497 e. The first-order chi connectivity index (χ1) is 19.6. The monoisotopic (exact) mass is 581 g/mol. The number of halogens is 1. The molecule has 0 aliphatic carbocycles. The second kappa shape index (κ2) is 13.3. The molecule has 0 spiro atoms. The molecule has 7 nitrogen and oxygen atoms in total. The number of hydrogen-bond donors (Lipinski definition) is 1. The number of carbonyl (C=O) groups excluding carboxylic acids is 1. The van der Waals surface area contributed by atoms with Gasteiger partial charge in [-0.15, -0.1) is 0 Å². The second-order valence-electron chi connectivity index (χ2n) is 10.6. The zero-order valence-electron chi connectivity index (χ0n) is 24.0. The minimum atomic E-state index is -1.43. The molecule has 0 saturated heterocycles. The lowest BCUT2D eigenvalue weighted by Crippen LogP contribution is -2.36. The van der Waals surface area contributed by atoms with Gasteiger partial charge in [0.2, 0.25) is 0 Å². The second-order valence-corrected chi connectivity index (χ2v) is 12.6. The molecule has 3 aromatic carbocycles. The average Bonchev–Trinajstić information content (AvgIpc) is 3.43. The van der Waals surface area contributed by atoms with Crippen molar-refractivity contribution in [3.8, 4) is 22.6 Å². The number of ether oxygens (including phenoxy) is 3. The van der Waals surface area contributed by atoms with E-state index in [4.69, 9.17) is 18.6 Å². The van der Waals surface area contributed by atoms with E-state index in [-0.39, 0.29) is 19.0 Å². The molecule has 9 heteroatoms. The topological polar surface area (TPSA) is 87.0 Å². The van der Waals surface area contributed by atoms with Crippen molar-refractivity contribution in [2.45, 2.75) is 51.5 Å². The van der Waals surface area contributed by atoms with E-state index >= 15 is 0 Å². The molecule has 0 amide bonds. The zero-order valence-corrected chi connectivity index (χ0v) is 24.8. The smallest absolute Gasteiger partial charge is 0.310 e. The summed E-state index contributed by atoms with van der Waals surface area (Å²) in [6.45, 7) is 7.11. The van der Waals surface area contributed by atoms with Crippen molar-refractivity contribution in [3.05, 3.63) is 83.6 Å². The summed E-state index contributed by atoms with van der Waals surface area (Å²) >= 11 is 0. The number of carbonyl (C=O) groups is 1. The average molecular weight is 582 g/mol. The van der Waals surface area contributed by atoms with Crippen molar-refractivity contribution >= 4 is 27.9 Å². The lowest BCUT2D eigenvalue weighted by Gasteiger charge is -2.23. The third kappa shape index (κ3) is 7.54. The van der Waals surface area contributed by atoms with Crippen LogP contribution in [-0.2, 0) is 33.5 Å². The highest BCUT2D eigenvalue weighted by Gasteiger charge is 2.24. The van der Waals surface area contributed by atoms with Crippen LogP contribution in [0.5, 0.6) is 11.5 Å². The van der Waals surface area contributed by atoms with Crippen LogP contribution in [0, 0.1) is 0 Å². The van der Waals surface area contributed by atoms with E-state index in [1.54, 1.807) is 38.5 Å². The Labute approximate surface area is 242 Å². The fourth-order valence-electron chi connectivity index (χ4n) is 4.33. The normalized spacial score (nSPS) is 13.1. The molecule has 2 atom stereocenters. The van der Waals surface area contributed by atoms with Crippen LogP contribution in [-0.4, -0.2) is 35.3 Å². The Morgan fingerprint density at radius 2 is 1.90 bits per heavy atom. The first-order valence-electron chi connectivity index (χ1n) is 13.4. The lowest BCUT2D eigenvalue weighted by atomic mass is 9.97. The standard InChI is InChI=1S/C32H36FNO6S/c1-6-38-30(35)17-24-10-11-26(37-5)18-29(24)40-20-21-14-25-12-13-39-31(25)27(15-21)22-8-7-9-23(16-22)28(19-33)34-41(36)32(2,3)4/h7-16,18,28,34H,6,17,19-20H2,1-5H3/t28-,41+/m0/s1. The molecule has 0 radical (unpaired) electrons. The largest absolute Gasteiger partial charge is 0.497 e. The SMILES string of the molecule is CCOC(=O)Cc1ccc(OC)cc1OCc1cc(-c2cccc([C@H](CF)N[S@](=O)C(C)(C)C)c2)c2occc2c1. The van der Waals surface area contributed by atoms with Crippen LogP contribution in [0.3, 0.4) is 0 Å². The van der Waals surface area contributed by atoms with Gasteiger partial charge in [0.25, 0.3) is 0 Å². The van der Waals surface area contributed by atoms with E-state index in [2.05, 4.69) is 4.72 Å². The van der Waals surface area contributed by atoms with E-state index < -0.39 is 28.4 Å². The van der Waals surface area contributed by atoms with Crippen molar-refractivity contribution in [3.63, 3.8) is 0 Å². The summed E-state index contributed by atoms with van der Waals surface area (Å²) < 4.78 is 51.7. The summed E-state index contributed by atoms with van der Waals surface area (Å²) in [6, 6.07) is 17.9. The fraction of sp³-hybridized carbons (Fsp3) is 0.344. The van der Waals surface area contributed by atoms with E-state index in [9.17, 15) is 13.4 Å². The quantitative estimate of drug-likeness (QED) is 0.184. The predicted molar refractivity (Wildman–Crippen MR) is 159 cm³/mol. The molecule has 0 aliphatic rings. The van der Waals surface area contributed by atoms with Crippen molar-refractivity contribution in [2.24, 2.45) is 0 Å². The van der Waals surface area contributed by atoms with Gasteiger partial charge in [-0.2, -0.15) is 0 Å². The number of esters is 1. The molecule has 41 heavy (non-hydrogen) atoms. The molecule has 4 aromatic rings. The van der Waals surface area contributed by atoms with Crippen molar-refractivity contribution < 1.29 is 32.0 Å². The first-order valence-corrected chi connectivity index (χ1v) is 14.6. The number of alkyl halides is 1. The number of hydrogen-bond acceptors (Lipinski definition) is 6. The number of nitrogens with one attached hydrogen (secondary N) is 1. The van der Waals surface area contributed by atoms with Gasteiger partial charge < -0.3 is 18.6 Å². The summed E-state index contributed by atoms with van der Waals surface area (Å²) in [7, 11) is 0.138. The van der Waals surface area contributed by atoms with Crippen LogP contribution in [0.15, 0.2) is 71.3 Å². The maximum atomic E-state index is 14.1. The van der Waals surface area contributed by atoms with Gasteiger partial charge >= 0.3 is 5.97 Å². The summed E-state index contributed by atoms with van der Waals surface area (Å²) in [5, 5.41) is 0.887. The Balaban J connectivity index is 1.64. The van der Waals surface area contributed by atoms with Crippen molar-refractivity contribution in [1.82, 2.24) is 4.72 Å². The third-order valence-corrected chi connectivity index (χ3v) is 8.09. The highest BCUT2D eigenvalue weighted by Crippen LogP contribution is 2.34. The van der Waals surface area contributed by atoms with Gasteiger partial charge in [-0.3, -0.25) is 4.79 Å². The van der Waals surface area contributed by atoms with Gasteiger partial charge in [-0.1, -0.05) is 24.3 Å². The van der Waals surface area contributed by atoms with E-state index in [0.717, 1.165) is 22.1 Å². The van der Waals surface area contributed by atoms with Gasteiger partial charge in [0.1, 0.15) is 30.4 Å². The highest BCUT2D eigenvalue weighted by molar-refractivity contribution is 7.84. The van der Waals surface area contributed by atoms with Gasteiger partial charge in [-0.05, 0) is 74.7 Å². The van der Waals surface area contributed by atoms with Crippen LogP contribution >= 0.6 is 0 Å². The number of fused-ring (bicyclic) bond motifs is 1. The third-order valence-electron chi connectivity index (χ3n) is 6.48. The first kappa shape index (κ1) is 30.3. The van der Waals surface area contributed by atoms with Crippen LogP contribution in [0.25, 0.3) is 22.1 Å². The molecular weight excluding hydrogens is 545 g/mol. The number of furan rings is 1. The van der Waals surface area contributed by atoms with Gasteiger partial charge in [0, 0.05) is 22.6 Å². The van der Waals surface area contributed by atoms with Gasteiger partial charge in [0.05, 0.1) is 48.2 Å². The minimum absolute atomic E-state index is 0.0791. The molecule has 0 aliphatic heterocycles. The van der Waals surface area contributed by atoms with Crippen molar-refractivity contribution in [2.75, 3.05) is 20.4 Å². The van der Waals surface area contributed by atoms with E-state index in [0.29, 0.717) is 34.8 Å². The molecule has 1 aromatic heterocycles. The van der Waals surface area contributed by atoms with Crippen molar-refractivity contribution in [1.29, 1.82) is 0 Å². The Kier molecular flexibility index (Phi) is 9.83. The van der Waals surface area contributed by atoms with Crippen LogP contribution in [0.1, 0.15) is 50.4 Å². The van der Waals surface area contributed by atoms with Crippen LogP contribution in [0.2, 0.25) is 0 Å². The Morgan fingerprint density at radius 3 is 2.61 bits per heavy atom. The summed E-state index contributed by atoms with van der Waals surface area (Å²) in [4.78, 5) is 12.2. The summed E-state index contributed by atoms with van der Waals surface area (Å²) in [5.74, 6) is 0.799. The molecule has 0 saturated carbocycles. The van der Waals surface area contributed by atoms with Gasteiger partial charge in [0.15, 0.2) is 0 Å². The van der Waals surface area contributed by atoms with E-state index in [1.165, 1.54) is 0 Å². The number of methoxy groups -OCH3 is 1. The molecule has 0 fully saturated rings. The molecular formula is C32H36FNO6S. The van der Waals surface area contributed by atoms with E-state index in [1.807, 2.05) is 63.2 Å². The Bertz CT molecular complexity index is 1530. The lowest BCUT2D eigenvalue weighted by molar-refractivity contribution is -0.142. The van der Waals surface area contributed by atoms with Crippen LogP contribution in [0.4, 0.5) is 4.39 Å². The maximum Gasteiger partial charge on any atom is 0.310 e. The van der Waals surface area contributed by atoms with Gasteiger partial charge in [-0.25, -0.2) is 13.3 Å². The fourth-order valence-corrected chi connectivity index (χ4v) is 5.14. The molecule has 4 rings (SSSR count).